The number of fused-ring (bicyclic) bond motifs is 4. The smallest absolute Gasteiger partial charge is 0.407 e. The fourth-order valence-electron chi connectivity index (χ4n) is 13.0. The van der Waals surface area contributed by atoms with Crippen LogP contribution < -0.4 is 5.32 Å². The molecule has 352 valence electrons. The van der Waals surface area contributed by atoms with Gasteiger partial charge in [0.2, 0.25) is 11.8 Å². The molecule has 0 bridgehead atoms. The number of piperidine rings is 2. The van der Waals surface area contributed by atoms with Crippen molar-refractivity contribution in [2.24, 2.45) is 47.3 Å². The molecule has 0 spiro atoms. The summed E-state index contributed by atoms with van der Waals surface area (Å²) in [5, 5.41) is 12.9. The SMILES string of the molecule is COC(=O)NC(C(=O)N1[C@@H]2C[C@@H]2C[C@H]1c1nc(-c2ccc(-c3ccc(-c4cnc([C@@H]5C[C@H]6C[C@H]6N5C(=O)C(C5C[C@@H]6[C@H](C5)C6(F)F)N(C)C(=O)O)[nH]4)cc3)cc2)c(Cl)[nH]1)C1C[C@@H]2[C@H](C1)C2(F)F. The number of likely N-dealkylation sites (N-methyl/N-ethyl adjacent to an activating group) is 1. The molecule has 4 N–H and O–H groups in total. The van der Waals surface area contributed by atoms with Crippen molar-refractivity contribution in [2.75, 3.05) is 14.2 Å². The lowest BCUT2D eigenvalue weighted by Gasteiger charge is -2.36. The summed E-state index contributed by atoms with van der Waals surface area (Å²) in [6.07, 6.45) is 3.27. The molecule has 2 aromatic carbocycles. The highest BCUT2D eigenvalue weighted by Gasteiger charge is 2.74. The highest BCUT2D eigenvalue weighted by molar-refractivity contribution is 6.32. The Bertz CT molecular complexity index is 2670. The summed E-state index contributed by atoms with van der Waals surface area (Å²) in [6, 6.07) is 12.8. The van der Waals surface area contributed by atoms with Gasteiger partial charge in [-0.15, -0.1) is 0 Å². The van der Waals surface area contributed by atoms with Gasteiger partial charge in [0, 0.05) is 48.4 Å². The van der Waals surface area contributed by atoms with E-state index in [1.807, 2.05) is 48.5 Å². The number of aromatic amines is 2. The van der Waals surface area contributed by atoms with E-state index in [0.717, 1.165) is 45.7 Å². The quantitative estimate of drug-likeness (QED) is 0.108. The predicted molar refractivity (Wildman–Crippen MR) is 232 cm³/mol. The van der Waals surface area contributed by atoms with Crippen LogP contribution in [-0.2, 0) is 14.3 Å². The number of alkyl carbamates (subject to hydrolysis) is 1. The molecule has 2 aliphatic heterocycles. The molecule has 2 aromatic heterocycles. The van der Waals surface area contributed by atoms with Gasteiger partial charge in [0.05, 0.1) is 31.1 Å². The van der Waals surface area contributed by atoms with Crippen molar-refractivity contribution in [1.82, 2.24) is 40.0 Å². The van der Waals surface area contributed by atoms with E-state index in [2.05, 4.69) is 15.3 Å². The average Bonchev–Trinajstić information content (AvgIpc) is 4.02. The molecule has 0 radical (unpaired) electrons. The third-order valence-electron chi connectivity index (χ3n) is 16.9. The second kappa shape index (κ2) is 14.9. The Morgan fingerprint density at radius 2 is 1.25 bits per heavy atom. The summed E-state index contributed by atoms with van der Waals surface area (Å²) in [4.78, 5) is 73.9. The number of alkyl halides is 4. The molecule has 4 aromatic rings. The summed E-state index contributed by atoms with van der Waals surface area (Å²) in [7, 11) is 2.56. The number of nitrogens with zero attached hydrogens (tertiary/aromatic N) is 5. The molecule has 8 fully saturated rings. The first-order valence-corrected chi connectivity index (χ1v) is 23.6. The maximum Gasteiger partial charge on any atom is 0.407 e. The Kier molecular flexibility index (Phi) is 9.51. The molecule has 4 heterocycles. The number of methoxy groups -OCH3 is 1. The summed E-state index contributed by atoms with van der Waals surface area (Å²) >= 11 is 6.78. The summed E-state index contributed by atoms with van der Waals surface area (Å²) in [6.45, 7) is 0. The van der Waals surface area contributed by atoms with Crippen molar-refractivity contribution in [3.05, 3.63) is 71.5 Å². The van der Waals surface area contributed by atoms with Gasteiger partial charge in [-0.25, -0.2) is 37.1 Å². The number of rotatable bonds is 11. The fraction of sp³-hybridized carbons (Fsp3) is 0.542. The van der Waals surface area contributed by atoms with Crippen LogP contribution in [0.15, 0.2) is 54.7 Å². The minimum absolute atomic E-state index is 0.0320. The Balaban J connectivity index is 0.723. The van der Waals surface area contributed by atoms with Crippen molar-refractivity contribution < 1.29 is 46.6 Å². The topological polar surface area (TPSA) is 177 Å². The van der Waals surface area contributed by atoms with Gasteiger partial charge in [-0.1, -0.05) is 60.1 Å². The number of carbonyl (C=O) groups excluding carboxylic acids is 3. The zero-order valence-electron chi connectivity index (χ0n) is 36.6. The van der Waals surface area contributed by atoms with E-state index < -0.39 is 77.7 Å². The van der Waals surface area contributed by atoms with Gasteiger partial charge in [-0.3, -0.25) is 14.5 Å². The van der Waals surface area contributed by atoms with Crippen LogP contribution in [0.4, 0.5) is 27.2 Å². The fourth-order valence-corrected chi connectivity index (χ4v) is 13.2. The van der Waals surface area contributed by atoms with Gasteiger partial charge >= 0.3 is 12.2 Å². The lowest BCUT2D eigenvalue weighted by molar-refractivity contribution is -0.140. The van der Waals surface area contributed by atoms with E-state index in [0.29, 0.717) is 35.3 Å². The van der Waals surface area contributed by atoms with Crippen LogP contribution in [0.5, 0.6) is 0 Å². The third-order valence-corrected chi connectivity index (χ3v) is 17.2. The monoisotopic (exact) mass is 944 g/mol. The zero-order valence-corrected chi connectivity index (χ0v) is 37.3. The van der Waals surface area contributed by atoms with Crippen LogP contribution in [0.2, 0.25) is 5.15 Å². The van der Waals surface area contributed by atoms with Crippen LogP contribution in [0.3, 0.4) is 0 Å². The van der Waals surface area contributed by atoms with Crippen molar-refractivity contribution in [3.8, 4) is 33.6 Å². The molecule has 19 heteroatoms. The molecule has 12 rings (SSSR count). The molecule has 6 saturated carbocycles. The van der Waals surface area contributed by atoms with Gasteiger partial charge in [0.25, 0.3) is 11.8 Å². The first-order chi connectivity index (χ1) is 32.0. The van der Waals surface area contributed by atoms with Crippen molar-refractivity contribution in [3.63, 3.8) is 0 Å². The minimum atomic E-state index is -2.73. The Hall–Kier alpha value is -5.65. The number of likely N-dealkylation sites (tertiary alicyclic amines) is 2. The molecule has 14 atom stereocenters. The Morgan fingerprint density at radius 1 is 0.746 bits per heavy atom. The van der Waals surface area contributed by atoms with Crippen LogP contribution in [0.1, 0.15) is 75.1 Å². The van der Waals surface area contributed by atoms with Crippen LogP contribution in [0.25, 0.3) is 33.6 Å². The number of hydrogen-bond acceptors (Lipinski definition) is 7. The number of carboxylic acid groups (broad SMARTS) is 1. The zero-order chi connectivity index (χ0) is 46.6. The Morgan fingerprint density at radius 3 is 1.81 bits per heavy atom. The number of halogens is 5. The normalized spacial score (nSPS) is 33.8. The van der Waals surface area contributed by atoms with Crippen LogP contribution in [-0.4, -0.2) is 114 Å². The average molecular weight is 945 g/mol. The number of benzene rings is 2. The number of aromatic nitrogens is 4. The first-order valence-electron chi connectivity index (χ1n) is 23.2. The molecule has 4 amide bonds. The van der Waals surface area contributed by atoms with E-state index in [-0.39, 0.29) is 67.5 Å². The van der Waals surface area contributed by atoms with Gasteiger partial charge in [-0.2, -0.15) is 0 Å². The summed E-state index contributed by atoms with van der Waals surface area (Å²) < 4.78 is 61.3. The van der Waals surface area contributed by atoms with Crippen molar-refractivity contribution >= 4 is 35.6 Å². The molecule has 2 saturated heterocycles. The molecular formula is C48H49ClF4N8O6. The number of amides is 4. The summed E-state index contributed by atoms with van der Waals surface area (Å²) in [5.41, 5.74) is 4.79. The first kappa shape index (κ1) is 42.7. The highest BCUT2D eigenvalue weighted by atomic mass is 35.5. The third kappa shape index (κ3) is 6.84. The summed E-state index contributed by atoms with van der Waals surface area (Å²) in [5.74, 6) is -8.41. The number of nitrogens with one attached hydrogen (secondary N) is 3. The van der Waals surface area contributed by atoms with E-state index in [1.165, 1.54) is 14.2 Å². The lowest BCUT2D eigenvalue weighted by atomic mass is 9.91. The van der Waals surface area contributed by atoms with E-state index in [4.69, 9.17) is 26.3 Å². The van der Waals surface area contributed by atoms with Crippen molar-refractivity contribution in [1.29, 1.82) is 0 Å². The standard InChI is InChI=1S/C48H49ClF4N8O6/c1-59(46(65)66)39(27-13-30-31(14-27)48(30,52)53)44(63)61-34-16-24(34)17-35(61)41-54-19-32(55-41)22-7-3-20(4-8-22)21-5-9-23(10-6-21)37-40(49)58-42(56-37)36-18-25-15-33(25)60(36)43(62)38(57-45(64)67-2)26-11-28-29(12-26)47(28,50)51/h3-10,19,24-31,33-36,38-39H,11-18H2,1-2H3,(H,54,55)(H,56,58)(H,57,64)(H,65,66)/t24-,25-,26?,27?,28-,29+,30-,31+,33-,34-,35+,36+,38?,39?/m1/s1. The van der Waals surface area contributed by atoms with Gasteiger partial charge < -0.3 is 34.9 Å². The predicted octanol–water partition coefficient (Wildman–Crippen LogP) is 8.40. The number of ether oxygens (including phenoxy) is 1. The van der Waals surface area contributed by atoms with E-state index in [1.54, 1.807) is 16.0 Å². The minimum Gasteiger partial charge on any atom is -0.465 e. The molecule has 8 aliphatic rings. The second-order valence-electron chi connectivity index (χ2n) is 20.4. The maximum absolute atomic E-state index is 14.3. The molecule has 14 nitrogen and oxygen atoms in total. The van der Waals surface area contributed by atoms with Gasteiger partial charge in [0.15, 0.2) is 0 Å². The van der Waals surface area contributed by atoms with Gasteiger partial charge in [0.1, 0.15) is 34.6 Å². The number of imidazole rings is 2. The Labute approximate surface area is 387 Å². The van der Waals surface area contributed by atoms with Crippen molar-refractivity contribution in [2.45, 2.75) is 99.5 Å². The number of carbonyl (C=O) groups is 4. The molecular weight excluding hydrogens is 896 g/mol. The molecule has 6 aliphatic carbocycles. The van der Waals surface area contributed by atoms with Crippen LogP contribution in [0, 0.1) is 47.3 Å². The maximum atomic E-state index is 14.3. The molecule has 67 heavy (non-hydrogen) atoms. The van der Waals surface area contributed by atoms with Crippen LogP contribution >= 0.6 is 11.6 Å². The number of hydrogen-bond donors (Lipinski definition) is 4. The van der Waals surface area contributed by atoms with E-state index >= 15 is 0 Å². The highest BCUT2D eigenvalue weighted by Crippen LogP contribution is 2.68. The second-order valence-corrected chi connectivity index (χ2v) is 20.8. The lowest BCUT2D eigenvalue weighted by Crippen LogP contribution is -2.53. The molecule has 4 unspecified atom stereocenters. The number of H-pyrrole nitrogens is 2. The van der Waals surface area contributed by atoms with Gasteiger partial charge in [-0.05, 0) is 91.7 Å². The van der Waals surface area contributed by atoms with E-state index in [9.17, 15) is 41.8 Å². The largest absolute Gasteiger partial charge is 0.465 e.